The standard InChI is InChI=1S/C18H21N5/c1-13-9-17(4-3-15(13)11-19)23-7-5-16(6-8-23)22-18-10-14(2)20-12-21-18/h3-4,9-10,12,16H,5-8H2,1-2H3,(H,20,21,22). The van der Waals surface area contributed by atoms with E-state index in [4.69, 9.17) is 5.26 Å². The van der Waals surface area contributed by atoms with Gasteiger partial charge in [-0.3, -0.25) is 0 Å². The second-order valence-electron chi connectivity index (χ2n) is 6.06. The first kappa shape index (κ1) is 15.3. The van der Waals surface area contributed by atoms with Gasteiger partial charge in [-0.2, -0.15) is 5.26 Å². The number of nitrogens with one attached hydrogen (secondary N) is 1. The molecule has 0 atom stereocenters. The lowest BCUT2D eigenvalue weighted by molar-refractivity contribution is 0.525. The van der Waals surface area contributed by atoms with Crippen molar-refractivity contribution in [2.75, 3.05) is 23.3 Å². The molecule has 1 aliphatic heterocycles. The number of nitriles is 1. The van der Waals surface area contributed by atoms with Gasteiger partial charge < -0.3 is 10.2 Å². The Hall–Kier alpha value is -2.61. The number of hydrogen-bond donors (Lipinski definition) is 1. The van der Waals surface area contributed by atoms with E-state index >= 15 is 0 Å². The summed E-state index contributed by atoms with van der Waals surface area (Å²) in [6, 6.07) is 10.7. The van der Waals surface area contributed by atoms with Gasteiger partial charge in [0.05, 0.1) is 11.6 Å². The second-order valence-corrected chi connectivity index (χ2v) is 6.06. The molecule has 0 amide bonds. The Balaban J connectivity index is 1.60. The first-order valence-electron chi connectivity index (χ1n) is 7.96. The minimum Gasteiger partial charge on any atom is -0.371 e. The van der Waals surface area contributed by atoms with Crippen LogP contribution in [0, 0.1) is 25.2 Å². The topological polar surface area (TPSA) is 64.8 Å². The summed E-state index contributed by atoms with van der Waals surface area (Å²) >= 11 is 0. The number of aromatic nitrogens is 2. The van der Waals surface area contributed by atoms with E-state index in [-0.39, 0.29) is 0 Å². The molecule has 1 saturated heterocycles. The zero-order valence-electron chi connectivity index (χ0n) is 13.6. The summed E-state index contributed by atoms with van der Waals surface area (Å²) < 4.78 is 0. The van der Waals surface area contributed by atoms with Gasteiger partial charge in [-0.05, 0) is 50.5 Å². The Labute approximate surface area is 137 Å². The highest BCUT2D eigenvalue weighted by Gasteiger charge is 2.20. The van der Waals surface area contributed by atoms with Crippen LogP contribution in [0.15, 0.2) is 30.6 Å². The molecule has 1 aromatic heterocycles. The normalized spacial score (nSPS) is 15.3. The first-order valence-corrected chi connectivity index (χ1v) is 7.96. The van der Waals surface area contributed by atoms with Crippen LogP contribution < -0.4 is 10.2 Å². The third-order valence-corrected chi connectivity index (χ3v) is 4.35. The molecule has 0 unspecified atom stereocenters. The van der Waals surface area contributed by atoms with E-state index in [1.165, 1.54) is 5.69 Å². The third kappa shape index (κ3) is 3.59. The van der Waals surface area contributed by atoms with E-state index in [1.54, 1.807) is 6.33 Å². The van der Waals surface area contributed by atoms with Gasteiger partial charge in [0.15, 0.2) is 0 Å². The lowest BCUT2D eigenvalue weighted by Gasteiger charge is -2.34. The predicted octanol–water partition coefficient (Wildman–Crippen LogP) is 3.05. The van der Waals surface area contributed by atoms with Gasteiger partial charge in [0.2, 0.25) is 0 Å². The zero-order chi connectivity index (χ0) is 16.2. The molecular weight excluding hydrogens is 286 g/mol. The molecule has 0 spiro atoms. The van der Waals surface area contributed by atoms with Crippen LogP contribution in [0.1, 0.15) is 29.7 Å². The van der Waals surface area contributed by atoms with Gasteiger partial charge in [-0.15, -0.1) is 0 Å². The van der Waals surface area contributed by atoms with Crippen LogP contribution in [-0.4, -0.2) is 29.1 Å². The molecule has 1 aromatic carbocycles. The summed E-state index contributed by atoms with van der Waals surface area (Å²) in [5, 5.41) is 12.5. The first-order chi connectivity index (χ1) is 11.2. The van der Waals surface area contributed by atoms with Crippen molar-refractivity contribution in [2.24, 2.45) is 0 Å². The Bertz CT molecular complexity index is 726. The highest BCUT2D eigenvalue weighted by atomic mass is 15.2. The van der Waals surface area contributed by atoms with Crippen molar-refractivity contribution in [2.45, 2.75) is 32.7 Å². The molecule has 0 radical (unpaired) electrons. The third-order valence-electron chi connectivity index (χ3n) is 4.35. The van der Waals surface area contributed by atoms with Gasteiger partial charge in [0.1, 0.15) is 12.1 Å². The molecule has 5 heteroatoms. The van der Waals surface area contributed by atoms with Crippen LogP contribution in [-0.2, 0) is 0 Å². The van der Waals surface area contributed by atoms with E-state index in [0.717, 1.165) is 48.6 Å². The highest BCUT2D eigenvalue weighted by Crippen LogP contribution is 2.24. The molecule has 5 nitrogen and oxygen atoms in total. The zero-order valence-corrected chi connectivity index (χ0v) is 13.6. The molecule has 23 heavy (non-hydrogen) atoms. The van der Waals surface area contributed by atoms with Crippen molar-refractivity contribution in [3.05, 3.63) is 47.4 Å². The molecule has 0 aliphatic carbocycles. The maximum Gasteiger partial charge on any atom is 0.129 e. The summed E-state index contributed by atoms with van der Waals surface area (Å²) in [6.07, 6.45) is 3.75. The van der Waals surface area contributed by atoms with Gasteiger partial charge in [-0.1, -0.05) is 0 Å². The molecule has 0 bridgehead atoms. The highest BCUT2D eigenvalue weighted by molar-refractivity contribution is 5.54. The maximum atomic E-state index is 9.03. The molecular formula is C18H21N5. The summed E-state index contributed by atoms with van der Waals surface area (Å²) in [5.74, 6) is 0.908. The van der Waals surface area contributed by atoms with Gasteiger partial charge in [0.25, 0.3) is 0 Å². The fourth-order valence-corrected chi connectivity index (χ4v) is 2.99. The molecule has 1 N–H and O–H groups in total. The summed E-state index contributed by atoms with van der Waals surface area (Å²) in [6.45, 7) is 5.98. The largest absolute Gasteiger partial charge is 0.371 e. The molecule has 1 fully saturated rings. The van der Waals surface area contributed by atoms with E-state index in [2.05, 4.69) is 32.3 Å². The van der Waals surface area contributed by atoms with E-state index in [9.17, 15) is 0 Å². The number of aryl methyl sites for hydroxylation is 2. The van der Waals surface area contributed by atoms with E-state index in [1.807, 2.05) is 32.0 Å². The molecule has 1 aliphatic rings. The lowest BCUT2D eigenvalue weighted by Crippen LogP contribution is -2.39. The number of hydrogen-bond acceptors (Lipinski definition) is 5. The van der Waals surface area contributed by atoms with Gasteiger partial charge in [0, 0.05) is 36.6 Å². The Morgan fingerprint density at radius 3 is 2.61 bits per heavy atom. The minimum atomic E-state index is 0.444. The summed E-state index contributed by atoms with van der Waals surface area (Å²) in [4.78, 5) is 10.8. The van der Waals surface area contributed by atoms with Crippen LogP contribution in [0.2, 0.25) is 0 Å². The summed E-state index contributed by atoms with van der Waals surface area (Å²) in [5.41, 5.74) is 3.98. The average Bonchev–Trinajstić information content (AvgIpc) is 2.55. The van der Waals surface area contributed by atoms with Crippen molar-refractivity contribution in [3.8, 4) is 6.07 Å². The Morgan fingerprint density at radius 2 is 1.96 bits per heavy atom. The number of piperidine rings is 1. The number of benzene rings is 1. The van der Waals surface area contributed by atoms with Crippen molar-refractivity contribution >= 4 is 11.5 Å². The van der Waals surface area contributed by atoms with Crippen molar-refractivity contribution in [3.63, 3.8) is 0 Å². The molecule has 2 aromatic rings. The lowest BCUT2D eigenvalue weighted by atomic mass is 10.0. The number of anilines is 2. The Kier molecular flexibility index (Phi) is 4.42. The fraction of sp³-hybridized carbons (Fsp3) is 0.389. The van der Waals surface area contributed by atoms with Crippen LogP contribution >= 0.6 is 0 Å². The molecule has 3 rings (SSSR count). The van der Waals surface area contributed by atoms with Crippen molar-refractivity contribution in [1.82, 2.24) is 9.97 Å². The molecule has 2 heterocycles. The van der Waals surface area contributed by atoms with Gasteiger partial charge in [-0.25, -0.2) is 9.97 Å². The predicted molar refractivity (Wildman–Crippen MR) is 91.5 cm³/mol. The monoisotopic (exact) mass is 307 g/mol. The number of nitrogens with zero attached hydrogens (tertiary/aromatic N) is 4. The SMILES string of the molecule is Cc1cc(NC2CCN(c3ccc(C#N)c(C)c3)CC2)ncn1. The molecule has 118 valence electrons. The number of rotatable bonds is 3. The quantitative estimate of drug-likeness (QED) is 0.944. The van der Waals surface area contributed by atoms with Crippen LogP contribution in [0.25, 0.3) is 0 Å². The van der Waals surface area contributed by atoms with Crippen LogP contribution in [0.5, 0.6) is 0 Å². The van der Waals surface area contributed by atoms with Crippen LogP contribution in [0.3, 0.4) is 0 Å². The minimum absolute atomic E-state index is 0.444. The fourth-order valence-electron chi connectivity index (χ4n) is 2.99. The second kappa shape index (κ2) is 6.66. The van der Waals surface area contributed by atoms with Crippen molar-refractivity contribution < 1.29 is 0 Å². The smallest absolute Gasteiger partial charge is 0.129 e. The maximum absolute atomic E-state index is 9.03. The van der Waals surface area contributed by atoms with Crippen LogP contribution in [0.4, 0.5) is 11.5 Å². The van der Waals surface area contributed by atoms with Crippen molar-refractivity contribution in [1.29, 1.82) is 5.26 Å². The Morgan fingerprint density at radius 1 is 1.17 bits per heavy atom. The molecule has 0 saturated carbocycles. The van der Waals surface area contributed by atoms with Gasteiger partial charge >= 0.3 is 0 Å². The van der Waals surface area contributed by atoms with E-state index < -0.39 is 0 Å². The van der Waals surface area contributed by atoms with E-state index in [0.29, 0.717) is 6.04 Å². The summed E-state index contributed by atoms with van der Waals surface area (Å²) in [7, 11) is 0. The average molecular weight is 307 g/mol.